The van der Waals surface area contributed by atoms with E-state index in [4.69, 9.17) is 10.5 Å². The minimum Gasteiger partial charge on any atom is -0.481 e. The number of anilines is 2. The molecule has 0 aliphatic heterocycles. The van der Waals surface area contributed by atoms with Gasteiger partial charge in [-0.25, -0.2) is 9.97 Å². The minimum absolute atomic E-state index is 0.619. The topological polar surface area (TPSA) is 64.3 Å². The molecule has 112 valence electrons. The molecule has 0 radical (unpaired) electrons. The SMILES string of the molecule is CCCN(Cc1cccc(N)c1)c1ncnc(OC)c1C. The summed E-state index contributed by atoms with van der Waals surface area (Å²) < 4.78 is 5.29. The zero-order valence-electron chi connectivity index (χ0n) is 12.8. The fourth-order valence-electron chi connectivity index (χ4n) is 2.39. The molecular weight excluding hydrogens is 264 g/mol. The first kappa shape index (κ1) is 15.1. The number of aromatic nitrogens is 2. The van der Waals surface area contributed by atoms with E-state index < -0.39 is 0 Å². The third-order valence-corrected chi connectivity index (χ3v) is 3.32. The van der Waals surface area contributed by atoms with Crippen molar-refractivity contribution in [2.75, 3.05) is 24.3 Å². The molecule has 0 unspecified atom stereocenters. The van der Waals surface area contributed by atoms with Gasteiger partial charge in [-0.3, -0.25) is 0 Å². The minimum atomic E-state index is 0.619. The molecule has 1 aromatic heterocycles. The largest absolute Gasteiger partial charge is 0.481 e. The van der Waals surface area contributed by atoms with E-state index in [1.54, 1.807) is 13.4 Å². The van der Waals surface area contributed by atoms with Crippen molar-refractivity contribution in [3.63, 3.8) is 0 Å². The number of rotatable bonds is 6. The van der Waals surface area contributed by atoms with Gasteiger partial charge in [0.1, 0.15) is 12.1 Å². The Bertz CT molecular complexity index is 601. The van der Waals surface area contributed by atoms with E-state index >= 15 is 0 Å². The smallest absolute Gasteiger partial charge is 0.221 e. The van der Waals surface area contributed by atoms with Gasteiger partial charge in [0.25, 0.3) is 0 Å². The average Bonchev–Trinajstić information content (AvgIpc) is 2.47. The number of hydrogen-bond donors (Lipinski definition) is 1. The molecule has 1 heterocycles. The maximum absolute atomic E-state index is 5.86. The molecule has 2 N–H and O–H groups in total. The average molecular weight is 286 g/mol. The zero-order valence-corrected chi connectivity index (χ0v) is 12.8. The van der Waals surface area contributed by atoms with Crippen molar-refractivity contribution in [2.24, 2.45) is 0 Å². The monoisotopic (exact) mass is 286 g/mol. The van der Waals surface area contributed by atoms with Gasteiger partial charge >= 0.3 is 0 Å². The van der Waals surface area contributed by atoms with Crippen LogP contribution in [0.3, 0.4) is 0 Å². The summed E-state index contributed by atoms with van der Waals surface area (Å²) in [5.41, 5.74) is 8.76. The van der Waals surface area contributed by atoms with Crippen molar-refractivity contribution in [2.45, 2.75) is 26.8 Å². The molecule has 0 spiro atoms. The molecule has 21 heavy (non-hydrogen) atoms. The lowest BCUT2D eigenvalue weighted by atomic mass is 10.1. The van der Waals surface area contributed by atoms with Crippen LogP contribution in [-0.4, -0.2) is 23.6 Å². The van der Waals surface area contributed by atoms with Crippen LogP contribution < -0.4 is 15.4 Å². The summed E-state index contributed by atoms with van der Waals surface area (Å²) in [7, 11) is 1.63. The van der Waals surface area contributed by atoms with Crippen molar-refractivity contribution >= 4 is 11.5 Å². The highest BCUT2D eigenvalue weighted by molar-refractivity contribution is 5.51. The Kier molecular flexibility index (Phi) is 4.98. The van der Waals surface area contributed by atoms with Crippen molar-refractivity contribution < 1.29 is 4.74 Å². The van der Waals surface area contributed by atoms with Crippen molar-refractivity contribution in [3.05, 3.63) is 41.7 Å². The summed E-state index contributed by atoms with van der Waals surface area (Å²) in [6, 6.07) is 7.94. The zero-order chi connectivity index (χ0) is 15.2. The third kappa shape index (κ3) is 3.62. The van der Waals surface area contributed by atoms with E-state index in [2.05, 4.69) is 27.9 Å². The molecule has 0 amide bonds. The second kappa shape index (κ2) is 6.92. The van der Waals surface area contributed by atoms with Gasteiger partial charge in [-0.1, -0.05) is 19.1 Å². The fourth-order valence-corrected chi connectivity index (χ4v) is 2.39. The molecular formula is C16H22N4O. The van der Waals surface area contributed by atoms with E-state index in [1.165, 1.54) is 5.56 Å². The first-order valence-electron chi connectivity index (χ1n) is 7.10. The first-order chi connectivity index (χ1) is 10.2. The van der Waals surface area contributed by atoms with E-state index in [0.29, 0.717) is 5.88 Å². The number of nitrogens with two attached hydrogens (primary N) is 1. The summed E-state index contributed by atoms with van der Waals surface area (Å²) >= 11 is 0. The third-order valence-electron chi connectivity index (χ3n) is 3.32. The van der Waals surface area contributed by atoms with Crippen molar-refractivity contribution in [3.8, 4) is 5.88 Å². The molecule has 0 atom stereocenters. The van der Waals surface area contributed by atoms with Gasteiger partial charge < -0.3 is 15.4 Å². The molecule has 1 aromatic carbocycles. The molecule has 0 fully saturated rings. The van der Waals surface area contributed by atoms with Gasteiger partial charge in [0.05, 0.1) is 12.7 Å². The lowest BCUT2D eigenvalue weighted by Gasteiger charge is -2.25. The van der Waals surface area contributed by atoms with Gasteiger partial charge in [0, 0.05) is 18.8 Å². The van der Waals surface area contributed by atoms with Crippen LogP contribution in [0.4, 0.5) is 11.5 Å². The van der Waals surface area contributed by atoms with Crippen LogP contribution >= 0.6 is 0 Å². The van der Waals surface area contributed by atoms with E-state index in [9.17, 15) is 0 Å². The summed E-state index contributed by atoms with van der Waals surface area (Å²) in [5.74, 6) is 1.53. The number of ether oxygens (including phenoxy) is 1. The van der Waals surface area contributed by atoms with Crippen LogP contribution in [-0.2, 0) is 6.54 Å². The molecule has 0 bridgehead atoms. The maximum atomic E-state index is 5.86. The van der Waals surface area contributed by atoms with Crippen LogP contribution in [0, 0.1) is 6.92 Å². The normalized spacial score (nSPS) is 10.4. The molecule has 0 aliphatic carbocycles. The van der Waals surface area contributed by atoms with Gasteiger partial charge in [0.2, 0.25) is 5.88 Å². The Morgan fingerprint density at radius 3 is 2.76 bits per heavy atom. The van der Waals surface area contributed by atoms with Crippen LogP contribution in [0.25, 0.3) is 0 Å². The van der Waals surface area contributed by atoms with Crippen LogP contribution in [0.15, 0.2) is 30.6 Å². The Morgan fingerprint density at radius 1 is 1.29 bits per heavy atom. The standard InChI is InChI=1S/C16H22N4O/c1-4-8-20(10-13-6-5-7-14(17)9-13)15-12(2)16(21-3)19-11-18-15/h5-7,9,11H,4,8,10,17H2,1-3H3. The lowest BCUT2D eigenvalue weighted by molar-refractivity contribution is 0.393. The van der Waals surface area contributed by atoms with E-state index in [-0.39, 0.29) is 0 Å². The number of nitrogen functional groups attached to an aromatic ring is 1. The first-order valence-corrected chi connectivity index (χ1v) is 7.10. The number of nitrogens with zero attached hydrogens (tertiary/aromatic N) is 3. The van der Waals surface area contributed by atoms with Crippen LogP contribution in [0.2, 0.25) is 0 Å². The van der Waals surface area contributed by atoms with Crippen LogP contribution in [0.5, 0.6) is 5.88 Å². The number of hydrogen-bond acceptors (Lipinski definition) is 5. The Hall–Kier alpha value is -2.30. The maximum Gasteiger partial charge on any atom is 0.221 e. The molecule has 0 aliphatic rings. The Labute approximate surface area is 125 Å². The Balaban J connectivity index is 2.31. The number of methoxy groups -OCH3 is 1. The molecule has 0 saturated heterocycles. The highest BCUT2D eigenvalue weighted by Crippen LogP contribution is 2.25. The summed E-state index contributed by atoms with van der Waals surface area (Å²) in [5, 5.41) is 0. The predicted octanol–water partition coefficient (Wildman–Crippen LogP) is 2.79. The molecule has 5 nitrogen and oxygen atoms in total. The van der Waals surface area contributed by atoms with Gasteiger partial charge in [0.15, 0.2) is 0 Å². The predicted molar refractivity (Wildman–Crippen MR) is 85.5 cm³/mol. The van der Waals surface area contributed by atoms with Crippen LogP contribution in [0.1, 0.15) is 24.5 Å². The highest BCUT2D eigenvalue weighted by Gasteiger charge is 2.14. The van der Waals surface area contributed by atoms with Gasteiger partial charge in [-0.2, -0.15) is 0 Å². The van der Waals surface area contributed by atoms with E-state index in [1.807, 2.05) is 25.1 Å². The lowest BCUT2D eigenvalue weighted by Crippen LogP contribution is -2.25. The summed E-state index contributed by atoms with van der Waals surface area (Å²) in [6.45, 7) is 5.81. The second-order valence-corrected chi connectivity index (χ2v) is 5.00. The van der Waals surface area contributed by atoms with E-state index in [0.717, 1.165) is 36.6 Å². The fraction of sp³-hybridized carbons (Fsp3) is 0.375. The molecule has 2 aromatic rings. The van der Waals surface area contributed by atoms with Gasteiger partial charge in [-0.05, 0) is 31.0 Å². The highest BCUT2D eigenvalue weighted by atomic mass is 16.5. The quantitative estimate of drug-likeness (QED) is 0.827. The second-order valence-electron chi connectivity index (χ2n) is 5.00. The summed E-state index contributed by atoms with van der Waals surface area (Å²) in [4.78, 5) is 10.8. The van der Waals surface area contributed by atoms with Crippen molar-refractivity contribution in [1.29, 1.82) is 0 Å². The van der Waals surface area contributed by atoms with Gasteiger partial charge in [-0.15, -0.1) is 0 Å². The molecule has 2 rings (SSSR count). The Morgan fingerprint density at radius 2 is 2.10 bits per heavy atom. The number of benzene rings is 1. The summed E-state index contributed by atoms with van der Waals surface area (Å²) in [6.07, 6.45) is 2.58. The van der Waals surface area contributed by atoms with Crippen molar-refractivity contribution in [1.82, 2.24) is 9.97 Å². The molecule has 5 heteroatoms. The molecule has 0 saturated carbocycles.